The van der Waals surface area contributed by atoms with Crippen molar-refractivity contribution in [3.05, 3.63) is 11.7 Å². The SMILES string of the molecule is CCC(N)Cc1noc(C2C(C)OC(C)C2C)n1. The average molecular weight is 253 g/mol. The first-order valence-corrected chi connectivity index (χ1v) is 6.76. The molecule has 0 saturated carbocycles. The van der Waals surface area contributed by atoms with Crippen LogP contribution in [0.4, 0.5) is 0 Å². The molecule has 102 valence electrons. The molecule has 1 aromatic heterocycles. The Bertz CT molecular complexity index is 393. The van der Waals surface area contributed by atoms with E-state index in [1.807, 2.05) is 0 Å². The summed E-state index contributed by atoms with van der Waals surface area (Å²) in [6.07, 6.45) is 1.95. The van der Waals surface area contributed by atoms with E-state index in [0.29, 0.717) is 24.1 Å². The molecule has 1 aliphatic heterocycles. The van der Waals surface area contributed by atoms with Gasteiger partial charge in [0.15, 0.2) is 5.82 Å². The van der Waals surface area contributed by atoms with Gasteiger partial charge in [0.05, 0.1) is 18.1 Å². The monoisotopic (exact) mass is 253 g/mol. The molecule has 2 heterocycles. The predicted molar refractivity (Wildman–Crippen MR) is 68.2 cm³/mol. The molecule has 5 unspecified atom stereocenters. The highest BCUT2D eigenvalue weighted by Gasteiger charge is 2.41. The second-order valence-electron chi connectivity index (χ2n) is 5.35. The summed E-state index contributed by atoms with van der Waals surface area (Å²) in [4.78, 5) is 4.48. The van der Waals surface area contributed by atoms with Gasteiger partial charge in [-0.25, -0.2) is 0 Å². The van der Waals surface area contributed by atoms with Crippen LogP contribution in [0.25, 0.3) is 0 Å². The highest BCUT2D eigenvalue weighted by atomic mass is 16.5. The van der Waals surface area contributed by atoms with Crippen LogP contribution in [0.5, 0.6) is 0 Å². The van der Waals surface area contributed by atoms with Gasteiger partial charge in [-0.1, -0.05) is 19.0 Å². The Balaban J connectivity index is 2.10. The maximum Gasteiger partial charge on any atom is 0.232 e. The molecule has 1 aromatic rings. The van der Waals surface area contributed by atoms with Crippen LogP contribution in [0.2, 0.25) is 0 Å². The molecule has 0 radical (unpaired) electrons. The minimum atomic E-state index is 0.101. The topological polar surface area (TPSA) is 74.2 Å². The van der Waals surface area contributed by atoms with Crippen molar-refractivity contribution in [1.82, 2.24) is 10.1 Å². The molecule has 1 aliphatic rings. The summed E-state index contributed by atoms with van der Waals surface area (Å²) in [5, 5.41) is 4.02. The van der Waals surface area contributed by atoms with Gasteiger partial charge in [-0.15, -0.1) is 0 Å². The van der Waals surface area contributed by atoms with Gasteiger partial charge in [0, 0.05) is 12.5 Å². The van der Waals surface area contributed by atoms with Crippen molar-refractivity contribution in [2.24, 2.45) is 11.7 Å². The lowest BCUT2D eigenvalue weighted by Gasteiger charge is -2.13. The fraction of sp³-hybridized carbons (Fsp3) is 0.846. The molecule has 0 aromatic carbocycles. The zero-order chi connectivity index (χ0) is 13.3. The Morgan fingerprint density at radius 1 is 1.28 bits per heavy atom. The number of aromatic nitrogens is 2. The maximum absolute atomic E-state index is 5.90. The summed E-state index contributed by atoms with van der Waals surface area (Å²) in [6, 6.07) is 0.101. The van der Waals surface area contributed by atoms with Crippen LogP contribution in [-0.2, 0) is 11.2 Å². The number of ether oxygens (including phenoxy) is 1. The van der Waals surface area contributed by atoms with E-state index in [9.17, 15) is 0 Å². The summed E-state index contributed by atoms with van der Waals surface area (Å²) >= 11 is 0. The molecule has 0 aliphatic carbocycles. The number of hydrogen-bond donors (Lipinski definition) is 1. The molecule has 0 spiro atoms. The number of hydrogen-bond acceptors (Lipinski definition) is 5. The van der Waals surface area contributed by atoms with Crippen molar-refractivity contribution < 1.29 is 9.26 Å². The first-order valence-electron chi connectivity index (χ1n) is 6.76. The standard InChI is InChI=1S/C13H23N3O2/c1-5-10(14)6-11-15-13(18-16-11)12-7(2)8(3)17-9(12)4/h7-10,12H,5-6,14H2,1-4H3. The van der Waals surface area contributed by atoms with E-state index in [0.717, 1.165) is 6.42 Å². The lowest BCUT2D eigenvalue weighted by atomic mass is 9.89. The smallest absolute Gasteiger partial charge is 0.232 e. The third-order valence-electron chi connectivity index (χ3n) is 3.98. The van der Waals surface area contributed by atoms with Crippen molar-refractivity contribution >= 4 is 0 Å². The summed E-state index contributed by atoms with van der Waals surface area (Å²) < 4.78 is 11.2. The van der Waals surface area contributed by atoms with E-state index in [1.54, 1.807) is 0 Å². The average Bonchev–Trinajstić information content (AvgIpc) is 2.85. The first kappa shape index (κ1) is 13.5. The third-order valence-corrected chi connectivity index (χ3v) is 3.98. The molecule has 18 heavy (non-hydrogen) atoms. The van der Waals surface area contributed by atoms with E-state index in [1.165, 1.54) is 0 Å². The molecule has 2 N–H and O–H groups in total. The van der Waals surface area contributed by atoms with E-state index in [4.69, 9.17) is 15.0 Å². The van der Waals surface area contributed by atoms with Crippen LogP contribution in [0.3, 0.4) is 0 Å². The lowest BCUT2D eigenvalue weighted by Crippen LogP contribution is -2.22. The van der Waals surface area contributed by atoms with Crippen LogP contribution in [-0.4, -0.2) is 28.4 Å². The largest absolute Gasteiger partial charge is 0.374 e. The second-order valence-corrected chi connectivity index (χ2v) is 5.35. The fourth-order valence-corrected chi connectivity index (χ4v) is 2.56. The van der Waals surface area contributed by atoms with Crippen molar-refractivity contribution in [1.29, 1.82) is 0 Å². The molecule has 0 bridgehead atoms. The molecule has 5 nitrogen and oxygen atoms in total. The van der Waals surface area contributed by atoms with E-state index in [-0.39, 0.29) is 24.2 Å². The fourth-order valence-electron chi connectivity index (χ4n) is 2.56. The number of nitrogens with zero attached hydrogens (tertiary/aromatic N) is 2. The second kappa shape index (κ2) is 5.36. The Hall–Kier alpha value is -0.940. The van der Waals surface area contributed by atoms with E-state index >= 15 is 0 Å². The summed E-state index contributed by atoms with van der Waals surface area (Å²) in [7, 11) is 0. The van der Waals surface area contributed by atoms with Gasteiger partial charge in [-0.3, -0.25) is 0 Å². The Labute approximate surface area is 108 Å². The van der Waals surface area contributed by atoms with Crippen molar-refractivity contribution in [3.63, 3.8) is 0 Å². The minimum absolute atomic E-state index is 0.101. The molecule has 5 heteroatoms. The Morgan fingerprint density at radius 3 is 2.56 bits per heavy atom. The zero-order valence-electron chi connectivity index (χ0n) is 11.6. The van der Waals surface area contributed by atoms with Gasteiger partial charge in [0.25, 0.3) is 0 Å². The van der Waals surface area contributed by atoms with Crippen molar-refractivity contribution in [3.8, 4) is 0 Å². The van der Waals surface area contributed by atoms with Gasteiger partial charge in [0.1, 0.15) is 0 Å². The van der Waals surface area contributed by atoms with Gasteiger partial charge in [-0.05, 0) is 26.2 Å². The van der Waals surface area contributed by atoms with Crippen LogP contribution in [0, 0.1) is 5.92 Å². The molecular formula is C13H23N3O2. The van der Waals surface area contributed by atoms with Gasteiger partial charge in [-0.2, -0.15) is 4.98 Å². The minimum Gasteiger partial charge on any atom is -0.374 e. The Morgan fingerprint density at radius 2 is 2.00 bits per heavy atom. The quantitative estimate of drug-likeness (QED) is 0.886. The summed E-state index contributed by atoms with van der Waals surface area (Å²) in [5.74, 6) is 1.99. The van der Waals surface area contributed by atoms with E-state index < -0.39 is 0 Å². The predicted octanol–water partition coefficient (Wildman–Crippen LogP) is 1.88. The molecule has 5 atom stereocenters. The summed E-state index contributed by atoms with van der Waals surface area (Å²) in [6.45, 7) is 8.38. The number of nitrogens with two attached hydrogens (primary N) is 1. The molecular weight excluding hydrogens is 230 g/mol. The Kier molecular flexibility index (Phi) is 4.02. The van der Waals surface area contributed by atoms with Crippen LogP contribution in [0.1, 0.15) is 51.7 Å². The van der Waals surface area contributed by atoms with Gasteiger partial charge in [0.2, 0.25) is 5.89 Å². The molecule has 2 rings (SSSR count). The maximum atomic E-state index is 5.90. The van der Waals surface area contributed by atoms with Crippen LogP contribution >= 0.6 is 0 Å². The third kappa shape index (κ3) is 2.57. The molecule has 1 saturated heterocycles. The molecule has 1 fully saturated rings. The zero-order valence-corrected chi connectivity index (χ0v) is 11.6. The van der Waals surface area contributed by atoms with Crippen LogP contribution < -0.4 is 5.73 Å². The molecule has 0 amide bonds. The number of rotatable bonds is 4. The highest BCUT2D eigenvalue weighted by Crippen LogP contribution is 2.38. The van der Waals surface area contributed by atoms with E-state index in [2.05, 4.69) is 37.8 Å². The van der Waals surface area contributed by atoms with Crippen molar-refractivity contribution in [2.45, 2.75) is 64.7 Å². The highest BCUT2D eigenvalue weighted by molar-refractivity contribution is 5.04. The first-order chi connectivity index (χ1) is 8.52. The lowest BCUT2D eigenvalue weighted by molar-refractivity contribution is 0.0542. The van der Waals surface area contributed by atoms with Crippen LogP contribution in [0.15, 0.2) is 4.52 Å². The summed E-state index contributed by atoms with van der Waals surface area (Å²) in [5.41, 5.74) is 5.90. The normalized spacial score (nSPS) is 33.8. The van der Waals surface area contributed by atoms with Gasteiger partial charge >= 0.3 is 0 Å². The van der Waals surface area contributed by atoms with Crippen molar-refractivity contribution in [2.75, 3.05) is 0 Å². The van der Waals surface area contributed by atoms with Gasteiger partial charge < -0.3 is 15.0 Å².